The fourth-order valence-electron chi connectivity index (χ4n) is 2.73. The predicted octanol–water partition coefficient (Wildman–Crippen LogP) is 3.75. The van der Waals surface area contributed by atoms with Gasteiger partial charge < -0.3 is 10.1 Å². The molecule has 1 aromatic carbocycles. The zero-order valence-corrected chi connectivity index (χ0v) is 14.0. The van der Waals surface area contributed by atoms with Crippen LogP contribution in [0.15, 0.2) is 22.7 Å². The Morgan fingerprint density at radius 2 is 2.00 bits per heavy atom. The smallest absolute Gasteiger partial charge is 0.389 e. The number of alkyl halides is 3. The Morgan fingerprint density at radius 3 is 2.59 bits per heavy atom. The SMILES string of the molecule is COc1ccc(Br)c([C@@H](CCC(F)(F)F)N2CCNCC2)c1. The molecule has 1 aromatic rings. The highest BCUT2D eigenvalue weighted by atomic mass is 79.9. The molecule has 2 rings (SSSR count). The molecular weight excluding hydrogens is 361 g/mol. The minimum absolute atomic E-state index is 0.0509. The second-order valence-corrected chi connectivity index (χ2v) is 6.20. The second-order valence-electron chi connectivity index (χ2n) is 5.34. The number of benzene rings is 1. The lowest BCUT2D eigenvalue weighted by molar-refractivity contribution is -0.138. The van der Waals surface area contributed by atoms with Crippen molar-refractivity contribution in [3.8, 4) is 5.75 Å². The van der Waals surface area contributed by atoms with E-state index in [0.29, 0.717) is 5.75 Å². The fourth-order valence-corrected chi connectivity index (χ4v) is 3.24. The molecule has 1 atom stereocenters. The van der Waals surface area contributed by atoms with Crippen LogP contribution in [-0.2, 0) is 0 Å². The van der Waals surface area contributed by atoms with Crippen molar-refractivity contribution in [3.05, 3.63) is 28.2 Å². The predicted molar refractivity (Wildman–Crippen MR) is 83.2 cm³/mol. The third-order valence-electron chi connectivity index (χ3n) is 3.86. The molecule has 0 unspecified atom stereocenters. The summed E-state index contributed by atoms with van der Waals surface area (Å²) in [6.45, 7) is 3.08. The molecule has 0 radical (unpaired) electrons. The number of rotatable bonds is 5. The Balaban J connectivity index is 2.25. The summed E-state index contributed by atoms with van der Waals surface area (Å²) in [4.78, 5) is 2.11. The van der Waals surface area contributed by atoms with Crippen molar-refractivity contribution in [3.63, 3.8) is 0 Å². The van der Waals surface area contributed by atoms with Crippen LogP contribution in [0.2, 0.25) is 0 Å². The van der Waals surface area contributed by atoms with Gasteiger partial charge in [-0.15, -0.1) is 0 Å². The number of nitrogens with zero attached hydrogens (tertiary/aromatic N) is 1. The Morgan fingerprint density at radius 1 is 1.32 bits per heavy atom. The first-order chi connectivity index (χ1) is 10.4. The first kappa shape index (κ1) is 17.6. The quantitative estimate of drug-likeness (QED) is 0.841. The molecule has 0 aromatic heterocycles. The number of piperazine rings is 1. The third kappa shape index (κ3) is 4.86. The molecule has 0 bridgehead atoms. The van der Waals surface area contributed by atoms with Gasteiger partial charge in [-0.25, -0.2) is 0 Å². The van der Waals surface area contributed by atoms with Crippen molar-refractivity contribution in [1.82, 2.24) is 10.2 Å². The van der Waals surface area contributed by atoms with Crippen molar-refractivity contribution in [2.45, 2.75) is 25.1 Å². The van der Waals surface area contributed by atoms with Gasteiger partial charge >= 0.3 is 6.18 Å². The van der Waals surface area contributed by atoms with E-state index in [1.165, 1.54) is 0 Å². The molecule has 3 nitrogen and oxygen atoms in total. The highest BCUT2D eigenvalue weighted by Gasteiger charge is 2.32. The van der Waals surface area contributed by atoms with Gasteiger partial charge in [0.15, 0.2) is 0 Å². The molecule has 0 amide bonds. The zero-order chi connectivity index (χ0) is 16.2. The lowest BCUT2D eigenvalue weighted by Crippen LogP contribution is -2.45. The molecule has 1 saturated heterocycles. The summed E-state index contributed by atoms with van der Waals surface area (Å²) in [6.07, 6.45) is -4.88. The van der Waals surface area contributed by atoms with E-state index >= 15 is 0 Å². The van der Waals surface area contributed by atoms with Crippen LogP contribution in [-0.4, -0.2) is 44.4 Å². The van der Waals surface area contributed by atoms with Gasteiger partial charge in [0.2, 0.25) is 0 Å². The molecule has 1 fully saturated rings. The van der Waals surface area contributed by atoms with Crippen LogP contribution in [0.1, 0.15) is 24.4 Å². The molecule has 0 spiro atoms. The van der Waals surface area contributed by atoms with Crippen LogP contribution in [0.4, 0.5) is 13.2 Å². The summed E-state index contributed by atoms with van der Waals surface area (Å²) in [5, 5.41) is 3.23. The molecule has 0 saturated carbocycles. The molecule has 7 heteroatoms. The lowest BCUT2D eigenvalue weighted by Gasteiger charge is -2.36. The molecule has 1 aliphatic heterocycles. The largest absolute Gasteiger partial charge is 0.497 e. The second kappa shape index (κ2) is 7.66. The van der Waals surface area contributed by atoms with Gasteiger partial charge in [0.25, 0.3) is 0 Å². The summed E-state index contributed by atoms with van der Waals surface area (Å²) in [6, 6.07) is 5.18. The van der Waals surface area contributed by atoms with Gasteiger partial charge in [0.1, 0.15) is 5.75 Å². The first-order valence-electron chi connectivity index (χ1n) is 7.25. The maximum atomic E-state index is 12.7. The Bertz CT molecular complexity index is 490. The van der Waals surface area contributed by atoms with E-state index < -0.39 is 12.6 Å². The van der Waals surface area contributed by atoms with E-state index in [9.17, 15) is 13.2 Å². The van der Waals surface area contributed by atoms with Crippen molar-refractivity contribution in [2.24, 2.45) is 0 Å². The van der Waals surface area contributed by atoms with Crippen molar-refractivity contribution in [1.29, 1.82) is 0 Å². The maximum Gasteiger partial charge on any atom is 0.389 e. The molecule has 1 N–H and O–H groups in total. The molecule has 22 heavy (non-hydrogen) atoms. The number of halogens is 4. The monoisotopic (exact) mass is 380 g/mol. The summed E-state index contributed by atoms with van der Waals surface area (Å²) in [5.74, 6) is 0.658. The van der Waals surface area contributed by atoms with Crippen LogP contribution in [0, 0.1) is 0 Å². The minimum atomic E-state index is -4.14. The van der Waals surface area contributed by atoms with E-state index in [4.69, 9.17) is 4.74 Å². The Labute approximate surface area is 136 Å². The summed E-state index contributed by atoms with van der Waals surface area (Å²) in [7, 11) is 1.56. The number of hydrogen-bond donors (Lipinski definition) is 1. The highest BCUT2D eigenvalue weighted by molar-refractivity contribution is 9.10. The summed E-state index contributed by atoms with van der Waals surface area (Å²) < 4.78 is 44.1. The van der Waals surface area contributed by atoms with E-state index in [2.05, 4.69) is 26.1 Å². The number of nitrogens with one attached hydrogen (secondary N) is 1. The molecule has 124 valence electrons. The Hall–Kier alpha value is -0.790. The molecular formula is C15H20BrF3N2O. The molecule has 0 aliphatic carbocycles. The van der Waals surface area contributed by atoms with Gasteiger partial charge in [-0.2, -0.15) is 13.2 Å². The van der Waals surface area contributed by atoms with Crippen LogP contribution < -0.4 is 10.1 Å². The van der Waals surface area contributed by atoms with E-state index in [1.54, 1.807) is 13.2 Å². The number of ether oxygens (including phenoxy) is 1. The van der Waals surface area contributed by atoms with Gasteiger partial charge in [0, 0.05) is 43.1 Å². The highest BCUT2D eigenvalue weighted by Crippen LogP contribution is 2.36. The maximum absolute atomic E-state index is 12.7. The fraction of sp³-hybridized carbons (Fsp3) is 0.600. The van der Waals surface area contributed by atoms with Crippen molar-refractivity contribution >= 4 is 15.9 Å². The van der Waals surface area contributed by atoms with Crippen LogP contribution in [0.25, 0.3) is 0 Å². The topological polar surface area (TPSA) is 24.5 Å². The Kier molecular flexibility index (Phi) is 6.11. The van der Waals surface area contributed by atoms with Crippen LogP contribution in [0.5, 0.6) is 5.75 Å². The first-order valence-corrected chi connectivity index (χ1v) is 8.05. The normalized spacial score (nSPS) is 18.2. The lowest BCUT2D eigenvalue weighted by atomic mass is 9.99. The van der Waals surface area contributed by atoms with E-state index in [0.717, 1.165) is 36.2 Å². The third-order valence-corrected chi connectivity index (χ3v) is 4.58. The average Bonchev–Trinajstić information content (AvgIpc) is 2.49. The summed E-state index contributed by atoms with van der Waals surface area (Å²) in [5.41, 5.74) is 0.852. The van der Waals surface area contributed by atoms with E-state index in [1.807, 2.05) is 12.1 Å². The standard InChI is InChI=1S/C15H20BrF3N2O/c1-22-11-2-3-13(16)12(10-11)14(4-5-15(17,18)19)21-8-6-20-7-9-21/h2-3,10,14,20H,4-9H2,1H3/t14-/m1/s1. The molecule has 1 heterocycles. The number of hydrogen-bond acceptors (Lipinski definition) is 3. The van der Waals surface area contributed by atoms with Gasteiger partial charge in [-0.1, -0.05) is 15.9 Å². The van der Waals surface area contributed by atoms with Gasteiger partial charge in [-0.05, 0) is 30.2 Å². The van der Waals surface area contributed by atoms with Gasteiger partial charge in [-0.3, -0.25) is 4.90 Å². The molecule has 1 aliphatic rings. The van der Waals surface area contributed by atoms with Crippen molar-refractivity contribution in [2.75, 3.05) is 33.3 Å². The zero-order valence-electron chi connectivity index (χ0n) is 12.4. The number of methoxy groups -OCH3 is 1. The minimum Gasteiger partial charge on any atom is -0.497 e. The van der Waals surface area contributed by atoms with Crippen LogP contribution in [0.3, 0.4) is 0 Å². The summed E-state index contributed by atoms with van der Waals surface area (Å²) >= 11 is 3.47. The van der Waals surface area contributed by atoms with Crippen molar-refractivity contribution < 1.29 is 17.9 Å². The van der Waals surface area contributed by atoms with E-state index in [-0.39, 0.29) is 12.5 Å². The van der Waals surface area contributed by atoms with Crippen LogP contribution >= 0.6 is 15.9 Å². The van der Waals surface area contributed by atoms with Gasteiger partial charge in [0.05, 0.1) is 7.11 Å². The average molecular weight is 381 g/mol.